The lowest BCUT2D eigenvalue weighted by atomic mass is 9.98. The summed E-state index contributed by atoms with van der Waals surface area (Å²) < 4.78 is 11.3. The van der Waals surface area contributed by atoms with Crippen molar-refractivity contribution in [3.63, 3.8) is 0 Å². The van der Waals surface area contributed by atoms with Crippen molar-refractivity contribution in [1.82, 2.24) is 15.1 Å². The Balaban J connectivity index is 1.50. The summed E-state index contributed by atoms with van der Waals surface area (Å²) in [4.78, 5) is 14.5. The number of likely N-dealkylation sites (tertiary alicyclic amines) is 1. The molecule has 1 saturated heterocycles. The Morgan fingerprint density at radius 3 is 2.73 bits per heavy atom. The molecule has 2 heterocycles. The van der Waals surface area contributed by atoms with Gasteiger partial charge in [-0.05, 0) is 51.7 Å². The van der Waals surface area contributed by atoms with Crippen LogP contribution in [-0.2, 0) is 11.4 Å². The normalized spacial score (nSPS) is 20.2. The minimum Gasteiger partial charge on any atom is -0.484 e. The van der Waals surface area contributed by atoms with Crippen LogP contribution in [0, 0.1) is 6.92 Å². The molecule has 26 heavy (non-hydrogen) atoms. The van der Waals surface area contributed by atoms with Crippen LogP contribution in [0.1, 0.15) is 44.6 Å². The Hall–Kier alpha value is -2.02. The van der Waals surface area contributed by atoms with Crippen molar-refractivity contribution < 1.29 is 13.9 Å². The summed E-state index contributed by atoms with van der Waals surface area (Å²) >= 11 is 1.28. The van der Waals surface area contributed by atoms with E-state index in [1.54, 1.807) is 0 Å². The smallest absolute Gasteiger partial charge is 0.277 e. The third kappa shape index (κ3) is 4.58. The third-order valence-corrected chi connectivity index (χ3v) is 5.50. The number of hydrogen-bond donors (Lipinski definition) is 0. The number of ether oxygens (including phenoxy) is 1. The van der Waals surface area contributed by atoms with Gasteiger partial charge in [0.1, 0.15) is 5.75 Å². The van der Waals surface area contributed by atoms with Crippen molar-refractivity contribution in [1.29, 1.82) is 0 Å². The lowest BCUT2D eigenvalue weighted by molar-refractivity contribution is -0.134. The fourth-order valence-corrected chi connectivity index (χ4v) is 3.97. The Kier molecular flexibility index (Phi) is 6.19. The van der Waals surface area contributed by atoms with E-state index in [1.165, 1.54) is 18.2 Å². The fourth-order valence-electron chi connectivity index (χ4n) is 3.32. The van der Waals surface area contributed by atoms with Gasteiger partial charge in [-0.25, -0.2) is 0 Å². The Labute approximate surface area is 158 Å². The molecule has 2 atom stereocenters. The molecule has 0 aliphatic carbocycles. The number of hydrogen-bond acceptors (Lipinski definition) is 6. The zero-order chi connectivity index (χ0) is 18.5. The predicted molar refractivity (Wildman–Crippen MR) is 100 cm³/mol. The van der Waals surface area contributed by atoms with Crippen LogP contribution in [0.2, 0.25) is 0 Å². The van der Waals surface area contributed by atoms with E-state index < -0.39 is 0 Å². The van der Waals surface area contributed by atoms with E-state index in [1.807, 2.05) is 36.1 Å². The average molecular weight is 375 g/mol. The number of amides is 1. The lowest BCUT2D eigenvalue weighted by Crippen LogP contribution is -2.48. The van der Waals surface area contributed by atoms with Crippen LogP contribution in [-0.4, -0.2) is 38.8 Å². The second kappa shape index (κ2) is 8.58. The molecule has 1 aromatic carbocycles. The summed E-state index contributed by atoms with van der Waals surface area (Å²) in [7, 11) is 0. The summed E-state index contributed by atoms with van der Waals surface area (Å²) in [6, 6.07) is 8.37. The van der Waals surface area contributed by atoms with Gasteiger partial charge in [0.2, 0.25) is 5.91 Å². The van der Waals surface area contributed by atoms with Gasteiger partial charge < -0.3 is 14.1 Å². The summed E-state index contributed by atoms with van der Waals surface area (Å²) in [6.45, 7) is 6.43. The van der Waals surface area contributed by atoms with Crippen molar-refractivity contribution >= 4 is 17.7 Å². The van der Waals surface area contributed by atoms with Crippen LogP contribution in [0.4, 0.5) is 0 Å². The number of rotatable bonds is 6. The molecule has 0 spiro atoms. The molecule has 2 aromatic rings. The van der Waals surface area contributed by atoms with E-state index in [-0.39, 0.29) is 12.5 Å². The molecule has 1 aliphatic heterocycles. The molecular weight excluding hydrogens is 350 g/mol. The molecule has 1 fully saturated rings. The van der Waals surface area contributed by atoms with Gasteiger partial charge in [-0.3, -0.25) is 4.79 Å². The maximum absolute atomic E-state index is 12.5. The Bertz CT molecular complexity index is 739. The Morgan fingerprint density at radius 1 is 1.27 bits per heavy atom. The first-order valence-electron chi connectivity index (χ1n) is 8.99. The number of benzene rings is 1. The monoisotopic (exact) mass is 375 g/mol. The average Bonchev–Trinajstić information content (AvgIpc) is 3.07. The minimum atomic E-state index is 0.130. The summed E-state index contributed by atoms with van der Waals surface area (Å²) in [6.07, 6.45) is 3.33. The van der Waals surface area contributed by atoms with E-state index in [0.717, 1.165) is 24.2 Å². The first-order chi connectivity index (χ1) is 12.5. The van der Waals surface area contributed by atoms with Gasteiger partial charge in [0.25, 0.3) is 11.1 Å². The van der Waals surface area contributed by atoms with Gasteiger partial charge in [-0.15, -0.1) is 10.2 Å². The first-order valence-corrected chi connectivity index (χ1v) is 9.98. The fraction of sp³-hybridized carbons (Fsp3) is 0.526. The summed E-state index contributed by atoms with van der Waals surface area (Å²) in [5.74, 6) is 1.64. The largest absolute Gasteiger partial charge is 0.484 e. The van der Waals surface area contributed by atoms with Crippen molar-refractivity contribution in [2.24, 2.45) is 0 Å². The molecule has 0 saturated carbocycles. The van der Waals surface area contributed by atoms with E-state index in [2.05, 4.69) is 24.0 Å². The van der Waals surface area contributed by atoms with Crippen molar-refractivity contribution in [3.05, 3.63) is 35.7 Å². The van der Waals surface area contributed by atoms with Crippen molar-refractivity contribution in [2.45, 2.75) is 63.9 Å². The van der Waals surface area contributed by atoms with Gasteiger partial charge >= 0.3 is 0 Å². The molecule has 0 bridgehead atoms. The summed E-state index contributed by atoms with van der Waals surface area (Å²) in [5, 5.41) is 8.40. The van der Waals surface area contributed by atoms with Gasteiger partial charge in [0.15, 0.2) is 6.61 Å². The molecule has 1 aromatic heterocycles. The molecule has 1 amide bonds. The molecule has 1 aliphatic rings. The minimum absolute atomic E-state index is 0.130. The number of aryl methyl sites for hydroxylation is 1. The number of nitrogens with zero attached hydrogens (tertiary/aromatic N) is 3. The molecule has 6 nitrogen and oxygen atoms in total. The zero-order valence-electron chi connectivity index (χ0n) is 15.5. The van der Waals surface area contributed by atoms with Crippen LogP contribution in [0.25, 0.3) is 0 Å². The second-order valence-corrected chi connectivity index (χ2v) is 7.66. The molecule has 140 valence electrons. The van der Waals surface area contributed by atoms with Crippen LogP contribution in [0.5, 0.6) is 5.75 Å². The SMILES string of the molecule is Cc1ccccc1OCc1nnc(SCC(=O)N2[C@@H](C)CCC[C@@H]2C)o1. The maximum atomic E-state index is 12.5. The third-order valence-electron chi connectivity index (χ3n) is 4.69. The first kappa shape index (κ1) is 18.8. The summed E-state index contributed by atoms with van der Waals surface area (Å²) in [5.41, 5.74) is 1.05. The van der Waals surface area contributed by atoms with Crippen LogP contribution < -0.4 is 4.74 Å². The van der Waals surface area contributed by atoms with Crippen molar-refractivity contribution in [2.75, 3.05) is 5.75 Å². The topological polar surface area (TPSA) is 68.5 Å². The van der Waals surface area contributed by atoms with E-state index in [4.69, 9.17) is 9.15 Å². The van der Waals surface area contributed by atoms with E-state index in [9.17, 15) is 4.79 Å². The van der Waals surface area contributed by atoms with Gasteiger partial charge in [-0.2, -0.15) is 0 Å². The predicted octanol–water partition coefficient (Wildman–Crippen LogP) is 3.84. The molecule has 3 rings (SSSR count). The van der Waals surface area contributed by atoms with Gasteiger partial charge in [-0.1, -0.05) is 30.0 Å². The van der Waals surface area contributed by atoms with Crippen LogP contribution in [0.15, 0.2) is 33.9 Å². The highest BCUT2D eigenvalue weighted by atomic mass is 32.2. The highest BCUT2D eigenvalue weighted by Crippen LogP contribution is 2.25. The van der Waals surface area contributed by atoms with Crippen LogP contribution in [0.3, 0.4) is 0 Å². The maximum Gasteiger partial charge on any atom is 0.277 e. The molecule has 7 heteroatoms. The lowest BCUT2D eigenvalue weighted by Gasteiger charge is -2.39. The van der Waals surface area contributed by atoms with Gasteiger partial charge in [0, 0.05) is 12.1 Å². The number of piperidine rings is 1. The standard InChI is InChI=1S/C19H25N3O3S/c1-13-7-4-5-10-16(13)24-11-17-20-21-19(25-17)26-12-18(23)22-14(2)8-6-9-15(22)3/h4-5,7,10,14-15H,6,8-9,11-12H2,1-3H3/t14-,15-/m0/s1. The van der Waals surface area contributed by atoms with Crippen LogP contribution >= 0.6 is 11.8 Å². The quantitative estimate of drug-likeness (QED) is 0.715. The van der Waals surface area contributed by atoms with E-state index >= 15 is 0 Å². The Morgan fingerprint density at radius 2 is 2.00 bits per heavy atom. The zero-order valence-corrected chi connectivity index (χ0v) is 16.3. The number of para-hydroxylation sites is 1. The molecular formula is C19H25N3O3S. The van der Waals surface area contributed by atoms with Crippen molar-refractivity contribution in [3.8, 4) is 5.75 Å². The van der Waals surface area contributed by atoms with E-state index in [0.29, 0.717) is 29.0 Å². The second-order valence-electron chi connectivity index (χ2n) is 6.73. The molecule has 0 unspecified atom stereocenters. The number of thioether (sulfide) groups is 1. The number of aromatic nitrogens is 2. The molecule has 0 radical (unpaired) electrons. The molecule has 0 N–H and O–H groups in total. The number of carbonyl (C=O) groups excluding carboxylic acids is 1. The number of carbonyl (C=O) groups is 1. The van der Waals surface area contributed by atoms with Gasteiger partial charge in [0.05, 0.1) is 5.75 Å². The highest BCUT2D eigenvalue weighted by Gasteiger charge is 2.29. The highest BCUT2D eigenvalue weighted by molar-refractivity contribution is 7.99.